The van der Waals surface area contributed by atoms with Crippen molar-refractivity contribution in [3.8, 4) is 33.4 Å². The number of alkyl halides is 6. The van der Waals surface area contributed by atoms with Crippen molar-refractivity contribution in [2.75, 3.05) is 4.90 Å². The molecule has 9 rings (SSSR count). The number of hydrogen-bond acceptors (Lipinski definition) is 1. The first kappa shape index (κ1) is 35.8. The van der Waals surface area contributed by atoms with E-state index in [2.05, 4.69) is 54.6 Å². The van der Waals surface area contributed by atoms with Crippen LogP contribution in [0, 0.1) is 0 Å². The Morgan fingerprint density at radius 1 is 0.316 bits per heavy atom. The van der Waals surface area contributed by atoms with Crippen molar-refractivity contribution in [2.45, 2.75) is 12.4 Å². The number of benzene rings is 9. The van der Waals surface area contributed by atoms with Crippen molar-refractivity contribution in [3.05, 3.63) is 199 Å². The van der Waals surface area contributed by atoms with E-state index in [-0.39, 0.29) is 0 Å². The molecule has 1 nitrogen and oxygen atoms in total. The SMILES string of the molecule is FC(F)(F)c1ccc(N(c2ccc(C(F)(F)F)cc2)c2ccc3c(c2)c2ccccc2c2c(-c4ccccc4)cc(-c4ccccc4)c(-c4ccccc4)c32)cc1. The van der Waals surface area contributed by atoms with Crippen LogP contribution in [-0.4, -0.2) is 0 Å². The highest BCUT2D eigenvalue weighted by Gasteiger charge is 2.32. The molecule has 0 aliphatic rings. The van der Waals surface area contributed by atoms with Gasteiger partial charge in [-0.2, -0.15) is 26.3 Å². The van der Waals surface area contributed by atoms with Gasteiger partial charge in [-0.3, -0.25) is 0 Å². The molecule has 0 atom stereocenters. The van der Waals surface area contributed by atoms with Gasteiger partial charge < -0.3 is 4.90 Å². The number of halogens is 6. The fourth-order valence-electron chi connectivity index (χ4n) is 7.92. The minimum Gasteiger partial charge on any atom is -0.310 e. The van der Waals surface area contributed by atoms with Crippen LogP contribution in [0.15, 0.2) is 188 Å². The number of anilines is 3. The van der Waals surface area contributed by atoms with Gasteiger partial charge in [-0.05, 0) is 132 Å². The molecule has 0 amide bonds. The summed E-state index contributed by atoms with van der Waals surface area (Å²) in [7, 11) is 0. The maximum Gasteiger partial charge on any atom is 0.416 e. The molecule has 9 aromatic carbocycles. The summed E-state index contributed by atoms with van der Waals surface area (Å²) in [5.74, 6) is 0. The quantitative estimate of drug-likeness (QED) is 0.121. The molecule has 7 heteroatoms. The Morgan fingerprint density at radius 3 is 1.25 bits per heavy atom. The van der Waals surface area contributed by atoms with Crippen LogP contribution < -0.4 is 4.90 Å². The summed E-state index contributed by atoms with van der Waals surface area (Å²) in [5, 5.41) is 5.87. The standard InChI is InChI=1S/C50H31F6N/c51-49(52,53)35-20-24-37(25-21-35)57(38-26-22-36(23-27-38)50(54,55)56)39-28-29-42-45(30-39)40-18-10-11-19-41(40)47-44(33-14-6-2-7-15-33)31-43(32-12-4-1-5-13-32)46(48(42)47)34-16-8-3-9-17-34/h1-31H. The predicted molar refractivity (Wildman–Crippen MR) is 220 cm³/mol. The monoisotopic (exact) mass is 759 g/mol. The Morgan fingerprint density at radius 2 is 0.737 bits per heavy atom. The molecule has 0 saturated heterocycles. The maximum atomic E-state index is 13.7. The van der Waals surface area contributed by atoms with Gasteiger partial charge in [0, 0.05) is 17.1 Å². The lowest BCUT2D eigenvalue weighted by Crippen LogP contribution is -2.12. The molecule has 0 N–H and O–H groups in total. The van der Waals surface area contributed by atoms with Crippen LogP contribution in [0.5, 0.6) is 0 Å². The molecule has 0 spiro atoms. The molecule has 0 fully saturated rings. The van der Waals surface area contributed by atoms with E-state index in [1.807, 2.05) is 84.9 Å². The third-order valence-electron chi connectivity index (χ3n) is 10.5. The smallest absolute Gasteiger partial charge is 0.310 e. The molecular weight excluding hydrogens is 729 g/mol. The zero-order valence-electron chi connectivity index (χ0n) is 30.1. The molecular formula is C50H31F6N. The van der Waals surface area contributed by atoms with Crippen molar-refractivity contribution >= 4 is 49.4 Å². The van der Waals surface area contributed by atoms with E-state index in [1.54, 1.807) is 4.90 Å². The van der Waals surface area contributed by atoms with Crippen molar-refractivity contribution < 1.29 is 26.3 Å². The summed E-state index contributed by atoms with van der Waals surface area (Å²) in [6, 6.07) is 56.4. The third-order valence-corrected chi connectivity index (χ3v) is 10.5. The van der Waals surface area contributed by atoms with Gasteiger partial charge in [0.1, 0.15) is 0 Å². The van der Waals surface area contributed by atoms with Crippen molar-refractivity contribution in [2.24, 2.45) is 0 Å². The van der Waals surface area contributed by atoms with Crippen LogP contribution in [0.4, 0.5) is 43.4 Å². The fourth-order valence-corrected chi connectivity index (χ4v) is 7.92. The van der Waals surface area contributed by atoms with E-state index in [9.17, 15) is 26.3 Å². The average molecular weight is 760 g/mol. The van der Waals surface area contributed by atoms with Crippen LogP contribution in [-0.2, 0) is 12.4 Å². The second-order valence-corrected chi connectivity index (χ2v) is 13.9. The number of hydrogen-bond donors (Lipinski definition) is 0. The van der Waals surface area contributed by atoms with Gasteiger partial charge in [0.25, 0.3) is 0 Å². The van der Waals surface area contributed by atoms with Crippen LogP contribution in [0.1, 0.15) is 11.1 Å². The summed E-state index contributed by atoms with van der Waals surface area (Å²) in [6.45, 7) is 0. The molecule has 9 aromatic rings. The second-order valence-electron chi connectivity index (χ2n) is 13.9. The zero-order valence-corrected chi connectivity index (χ0v) is 30.1. The summed E-state index contributed by atoms with van der Waals surface area (Å²) in [6.07, 6.45) is -9.12. The molecule has 0 heterocycles. The zero-order chi connectivity index (χ0) is 39.3. The van der Waals surface area contributed by atoms with E-state index < -0.39 is 23.5 Å². The normalized spacial score (nSPS) is 12.0. The van der Waals surface area contributed by atoms with Crippen molar-refractivity contribution in [1.82, 2.24) is 0 Å². The van der Waals surface area contributed by atoms with Gasteiger partial charge in [-0.1, -0.05) is 121 Å². The topological polar surface area (TPSA) is 3.24 Å². The van der Waals surface area contributed by atoms with Crippen LogP contribution >= 0.6 is 0 Å². The largest absolute Gasteiger partial charge is 0.416 e. The Balaban J connectivity index is 1.40. The van der Waals surface area contributed by atoms with Gasteiger partial charge >= 0.3 is 12.4 Å². The number of fused-ring (bicyclic) bond motifs is 6. The first-order chi connectivity index (χ1) is 27.6. The molecule has 278 valence electrons. The number of rotatable bonds is 6. The summed E-state index contributed by atoms with van der Waals surface area (Å²) in [5.41, 5.74) is 5.89. The Kier molecular flexibility index (Phi) is 8.81. The number of nitrogens with zero attached hydrogens (tertiary/aromatic N) is 1. The van der Waals surface area contributed by atoms with Gasteiger partial charge in [0.2, 0.25) is 0 Å². The summed E-state index contributed by atoms with van der Waals surface area (Å²) in [4.78, 5) is 1.69. The van der Waals surface area contributed by atoms with E-state index in [4.69, 9.17) is 0 Å². The lowest BCUT2D eigenvalue weighted by Gasteiger charge is -2.27. The Labute approximate surface area is 324 Å². The van der Waals surface area contributed by atoms with Gasteiger partial charge in [-0.25, -0.2) is 0 Å². The predicted octanol–water partition coefficient (Wildman–Crippen LogP) is 15.7. The second kappa shape index (κ2) is 14.0. The fraction of sp³-hybridized carbons (Fsp3) is 0.0400. The maximum absolute atomic E-state index is 13.7. The van der Waals surface area contributed by atoms with Gasteiger partial charge in [-0.15, -0.1) is 0 Å². The van der Waals surface area contributed by atoms with E-state index in [0.29, 0.717) is 17.1 Å². The highest BCUT2D eigenvalue weighted by molar-refractivity contribution is 6.33. The van der Waals surface area contributed by atoms with E-state index in [0.717, 1.165) is 90.0 Å². The summed E-state index contributed by atoms with van der Waals surface area (Å²) < 4.78 is 82.1. The molecule has 0 radical (unpaired) electrons. The molecule has 0 unspecified atom stereocenters. The van der Waals surface area contributed by atoms with Gasteiger partial charge in [0.05, 0.1) is 11.1 Å². The molecule has 0 aliphatic carbocycles. The van der Waals surface area contributed by atoms with Crippen LogP contribution in [0.2, 0.25) is 0 Å². The van der Waals surface area contributed by atoms with E-state index >= 15 is 0 Å². The van der Waals surface area contributed by atoms with Gasteiger partial charge in [0.15, 0.2) is 0 Å². The van der Waals surface area contributed by atoms with Crippen molar-refractivity contribution in [3.63, 3.8) is 0 Å². The molecule has 0 aromatic heterocycles. The molecule has 0 saturated carbocycles. The van der Waals surface area contributed by atoms with E-state index in [1.165, 1.54) is 24.3 Å². The minimum absolute atomic E-state index is 0.356. The Hall–Kier alpha value is -6.86. The molecule has 57 heavy (non-hydrogen) atoms. The molecule has 0 aliphatic heterocycles. The molecule has 0 bridgehead atoms. The highest BCUT2D eigenvalue weighted by atomic mass is 19.4. The first-order valence-electron chi connectivity index (χ1n) is 18.3. The average Bonchev–Trinajstić information content (AvgIpc) is 3.24. The highest BCUT2D eigenvalue weighted by Crippen LogP contribution is 2.50. The lowest BCUT2D eigenvalue weighted by molar-refractivity contribution is -0.138. The summed E-state index contributed by atoms with van der Waals surface area (Å²) >= 11 is 0. The van der Waals surface area contributed by atoms with Crippen LogP contribution in [0.3, 0.4) is 0 Å². The lowest BCUT2D eigenvalue weighted by atomic mass is 9.81. The third kappa shape index (κ3) is 6.55. The Bertz CT molecular complexity index is 2830. The van der Waals surface area contributed by atoms with Crippen molar-refractivity contribution in [1.29, 1.82) is 0 Å². The first-order valence-corrected chi connectivity index (χ1v) is 18.3. The van der Waals surface area contributed by atoms with Crippen LogP contribution in [0.25, 0.3) is 65.7 Å². The minimum atomic E-state index is -4.56.